The maximum absolute atomic E-state index is 6.01. The molecule has 0 aliphatic heterocycles. The van der Waals surface area contributed by atoms with Gasteiger partial charge >= 0.3 is 0 Å². The van der Waals surface area contributed by atoms with Gasteiger partial charge < -0.3 is 4.43 Å². The van der Waals surface area contributed by atoms with Crippen LogP contribution in [0.3, 0.4) is 0 Å². The molecule has 0 saturated heterocycles. The highest BCUT2D eigenvalue weighted by atomic mass is 35.5. The molecular weight excluding hydrogens is 283 g/mol. The Labute approximate surface area is 121 Å². The van der Waals surface area contributed by atoms with E-state index in [0.717, 1.165) is 5.56 Å². The fourth-order valence-electron chi connectivity index (χ4n) is 1.59. The van der Waals surface area contributed by atoms with Gasteiger partial charge in [-0.3, -0.25) is 0 Å². The molecule has 0 amide bonds. The predicted molar refractivity (Wildman–Crippen MR) is 81.9 cm³/mol. The zero-order valence-electron chi connectivity index (χ0n) is 11.4. The molecule has 0 atom stereocenters. The Bertz CT molecular complexity index is 493. The van der Waals surface area contributed by atoms with Crippen LogP contribution < -0.4 is 0 Å². The molecule has 4 heteroatoms. The lowest BCUT2D eigenvalue weighted by atomic mass is 10.1. The molecule has 0 unspecified atom stereocenters. The fraction of sp³-hybridized carbons (Fsp3) is 0.429. The second-order valence-electron chi connectivity index (χ2n) is 5.60. The fourth-order valence-corrected chi connectivity index (χ4v) is 3.47. The van der Waals surface area contributed by atoms with Crippen LogP contribution in [0.4, 0.5) is 0 Å². The Balaban J connectivity index is 2.90. The monoisotopic (exact) mass is 300 g/mol. The molecule has 0 N–H and O–H groups in total. The summed E-state index contributed by atoms with van der Waals surface area (Å²) in [6, 6.07) is 5.37. The summed E-state index contributed by atoms with van der Waals surface area (Å²) in [5, 5.41) is 1.06. The Morgan fingerprint density at radius 1 is 1.11 bits per heavy atom. The Hall–Kier alpha value is -0.463. The predicted octanol–water partition coefficient (Wildman–Crippen LogP) is 4.98. The van der Waals surface area contributed by atoms with Gasteiger partial charge in [0.25, 0.3) is 0 Å². The van der Waals surface area contributed by atoms with Crippen LogP contribution in [0.25, 0.3) is 0 Å². The van der Waals surface area contributed by atoms with Crippen LogP contribution in [0.15, 0.2) is 18.2 Å². The maximum Gasteiger partial charge on any atom is 0.185 e. The van der Waals surface area contributed by atoms with E-state index >= 15 is 0 Å². The molecule has 0 heterocycles. The van der Waals surface area contributed by atoms with Crippen molar-refractivity contribution < 1.29 is 4.43 Å². The number of hydrogen-bond acceptors (Lipinski definition) is 1. The van der Waals surface area contributed by atoms with Crippen LogP contribution in [0.2, 0.25) is 29.7 Å². The summed E-state index contributed by atoms with van der Waals surface area (Å²) in [5.41, 5.74) is 0.396. The highest BCUT2D eigenvalue weighted by Gasteiger charge is 2.25. The number of rotatable bonds is 2. The average molecular weight is 301 g/mol. The van der Waals surface area contributed by atoms with Gasteiger partial charge in [-0.2, -0.15) is 0 Å². The van der Waals surface area contributed by atoms with Crippen molar-refractivity contribution in [3.63, 3.8) is 0 Å². The third-order valence-electron chi connectivity index (χ3n) is 1.99. The lowest BCUT2D eigenvalue weighted by molar-refractivity contribution is 0.164. The Morgan fingerprint density at radius 2 is 1.72 bits per heavy atom. The summed E-state index contributed by atoms with van der Waals surface area (Å²) in [7, 11) is -1.60. The lowest BCUT2D eigenvalue weighted by Crippen LogP contribution is -2.37. The third kappa shape index (κ3) is 5.45. The van der Waals surface area contributed by atoms with E-state index in [0.29, 0.717) is 10.0 Å². The van der Waals surface area contributed by atoms with Gasteiger partial charge in [-0.25, -0.2) is 0 Å². The van der Waals surface area contributed by atoms with Crippen LogP contribution in [-0.4, -0.2) is 13.9 Å². The Kier molecular flexibility index (Phi) is 4.91. The second-order valence-corrected chi connectivity index (χ2v) is 10.8. The van der Waals surface area contributed by atoms with Gasteiger partial charge in [0.1, 0.15) is 5.60 Å². The molecule has 0 aliphatic rings. The molecular formula is C14H18Cl2OSi. The van der Waals surface area contributed by atoms with Crippen molar-refractivity contribution in [2.45, 2.75) is 39.1 Å². The van der Waals surface area contributed by atoms with Gasteiger partial charge in [0.15, 0.2) is 8.32 Å². The van der Waals surface area contributed by atoms with Crippen molar-refractivity contribution in [3.8, 4) is 11.8 Å². The van der Waals surface area contributed by atoms with Gasteiger partial charge in [-0.05, 0) is 51.7 Å². The molecule has 0 spiro atoms. The van der Waals surface area contributed by atoms with Gasteiger partial charge in [-0.15, -0.1) is 0 Å². The molecule has 0 bridgehead atoms. The molecule has 1 rings (SSSR count). The first-order valence-corrected chi connectivity index (χ1v) is 9.94. The molecule has 0 aliphatic carbocycles. The zero-order valence-corrected chi connectivity index (χ0v) is 13.9. The van der Waals surface area contributed by atoms with Crippen molar-refractivity contribution in [1.29, 1.82) is 0 Å². The molecule has 98 valence electrons. The van der Waals surface area contributed by atoms with Crippen molar-refractivity contribution in [2.24, 2.45) is 0 Å². The molecule has 1 nitrogen and oxygen atoms in total. The summed E-state index contributed by atoms with van der Waals surface area (Å²) in [5.74, 6) is 6.22. The minimum Gasteiger partial charge on any atom is -0.402 e. The van der Waals surface area contributed by atoms with Crippen LogP contribution >= 0.6 is 23.2 Å². The van der Waals surface area contributed by atoms with Crippen molar-refractivity contribution in [2.75, 3.05) is 0 Å². The number of hydrogen-bond donors (Lipinski definition) is 0. The third-order valence-corrected chi connectivity index (χ3v) is 3.85. The molecule has 0 radical (unpaired) electrons. The largest absolute Gasteiger partial charge is 0.402 e. The minimum atomic E-state index is -1.60. The van der Waals surface area contributed by atoms with Gasteiger partial charge in [-0.1, -0.05) is 35.0 Å². The first-order valence-electron chi connectivity index (χ1n) is 5.77. The maximum atomic E-state index is 6.01. The summed E-state index contributed by atoms with van der Waals surface area (Å²) < 4.78 is 6.01. The highest BCUT2D eigenvalue weighted by molar-refractivity contribution is 6.69. The molecule has 0 saturated carbocycles. The summed E-state index contributed by atoms with van der Waals surface area (Å²) in [4.78, 5) is 0. The second kappa shape index (κ2) is 5.67. The van der Waals surface area contributed by atoms with E-state index in [2.05, 4.69) is 31.5 Å². The average Bonchev–Trinajstić information content (AvgIpc) is 2.16. The zero-order chi connectivity index (χ0) is 14.0. The Morgan fingerprint density at radius 3 is 2.22 bits per heavy atom. The minimum absolute atomic E-state index is 0.448. The van der Waals surface area contributed by atoms with Gasteiger partial charge in [0.05, 0.1) is 10.0 Å². The topological polar surface area (TPSA) is 9.23 Å². The number of halogens is 2. The van der Waals surface area contributed by atoms with Gasteiger partial charge in [0, 0.05) is 5.56 Å². The molecule has 0 aromatic heterocycles. The smallest absolute Gasteiger partial charge is 0.185 e. The van der Waals surface area contributed by atoms with Crippen LogP contribution in [-0.2, 0) is 4.43 Å². The van der Waals surface area contributed by atoms with E-state index in [-0.39, 0.29) is 0 Å². The van der Waals surface area contributed by atoms with Crippen molar-refractivity contribution in [3.05, 3.63) is 33.8 Å². The van der Waals surface area contributed by atoms with Gasteiger partial charge in [0.2, 0.25) is 0 Å². The van der Waals surface area contributed by atoms with Crippen molar-refractivity contribution in [1.82, 2.24) is 0 Å². The normalized spacial score (nSPS) is 11.9. The van der Waals surface area contributed by atoms with E-state index < -0.39 is 13.9 Å². The number of benzene rings is 1. The van der Waals surface area contributed by atoms with Crippen LogP contribution in [0.5, 0.6) is 0 Å². The molecule has 1 aromatic rings. The molecule has 0 fully saturated rings. The van der Waals surface area contributed by atoms with E-state index in [1.165, 1.54) is 0 Å². The standard InChI is InChI=1S/C14H18Cl2OSi/c1-14(2,17-18(3,4)5)9-8-11-6-7-12(15)13(16)10-11/h6-7,10H,1-5H3. The summed E-state index contributed by atoms with van der Waals surface area (Å²) in [6.07, 6.45) is 0. The SMILES string of the molecule is CC(C)(C#Cc1ccc(Cl)c(Cl)c1)O[Si](C)(C)C. The van der Waals surface area contributed by atoms with E-state index in [9.17, 15) is 0 Å². The first-order chi connectivity index (χ1) is 8.09. The summed E-state index contributed by atoms with van der Waals surface area (Å²) in [6.45, 7) is 10.4. The van der Waals surface area contributed by atoms with E-state index in [1.54, 1.807) is 12.1 Å². The van der Waals surface area contributed by atoms with Crippen LogP contribution in [0, 0.1) is 11.8 Å². The first kappa shape index (κ1) is 15.6. The molecule has 1 aromatic carbocycles. The van der Waals surface area contributed by atoms with Crippen molar-refractivity contribution >= 4 is 31.5 Å². The van der Waals surface area contributed by atoms with E-state index in [1.807, 2.05) is 19.9 Å². The van der Waals surface area contributed by atoms with E-state index in [4.69, 9.17) is 27.6 Å². The highest BCUT2D eigenvalue weighted by Crippen LogP contribution is 2.22. The summed E-state index contributed by atoms with van der Waals surface area (Å²) >= 11 is 11.8. The van der Waals surface area contributed by atoms with Crippen LogP contribution in [0.1, 0.15) is 19.4 Å². The quantitative estimate of drug-likeness (QED) is 0.553. The lowest BCUT2D eigenvalue weighted by Gasteiger charge is -2.28. The molecule has 18 heavy (non-hydrogen) atoms.